The summed E-state index contributed by atoms with van der Waals surface area (Å²) in [6.45, 7) is 9.65. The molecular formula is C25H31FN4O3. The Labute approximate surface area is 193 Å². The van der Waals surface area contributed by atoms with Crippen LogP contribution in [0.3, 0.4) is 0 Å². The molecule has 0 spiro atoms. The van der Waals surface area contributed by atoms with Crippen LogP contribution in [0.2, 0.25) is 0 Å². The van der Waals surface area contributed by atoms with E-state index in [1.165, 1.54) is 10.6 Å². The van der Waals surface area contributed by atoms with Crippen LogP contribution < -0.4 is 15.7 Å². The van der Waals surface area contributed by atoms with Gasteiger partial charge in [-0.15, -0.1) is 5.10 Å². The number of benzene rings is 2. The Balaban J connectivity index is 2.08. The minimum atomic E-state index is -0.737. The molecule has 1 atom stereocenters. The molecular weight excluding hydrogens is 423 g/mol. The molecule has 7 nitrogen and oxygen atoms in total. The molecule has 3 rings (SSSR count). The van der Waals surface area contributed by atoms with Crippen LogP contribution in [0.15, 0.2) is 35.1 Å². The molecule has 33 heavy (non-hydrogen) atoms. The van der Waals surface area contributed by atoms with E-state index in [4.69, 9.17) is 4.74 Å². The molecule has 2 aromatic carbocycles. The molecule has 176 valence electrons. The zero-order valence-electron chi connectivity index (χ0n) is 20.0. The standard InChI is InChI=1S/C25H31FN4O3/c1-7-9-17(5)33-22-14-21(30-25(32)29(6)23(8-2)28-30)19(26)13-18(22)24(31)27-20-11-10-15(3)12-16(20)4/h10-14,17H,7-9H2,1-6H3,(H,27,31). The van der Waals surface area contributed by atoms with E-state index in [2.05, 4.69) is 10.4 Å². The van der Waals surface area contributed by atoms with Gasteiger partial charge >= 0.3 is 5.69 Å². The van der Waals surface area contributed by atoms with Crippen molar-refractivity contribution in [2.75, 3.05) is 5.32 Å². The van der Waals surface area contributed by atoms with Gasteiger partial charge in [-0.25, -0.2) is 9.18 Å². The molecule has 0 aliphatic heterocycles. The Hall–Kier alpha value is -3.42. The number of carbonyl (C=O) groups excluding carboxylic acids is 1. The maximum absolute atomic E-state index is 15.2. The molecule has 1 N–H and O–H groups in total. The monoisotopic (exact) mass is 454 g/mol. The van der Waals surface area contributed by atoms with Gasteiger partial charge in [-0.05, 0) is 44.9 Å². The summed E-state index contributed by atoms with van der Waals surface area (Å²) in [6, 6.07) is 8.15. The highest BCUT2D eigenvalue weighted by Gasteiger charge is 2.22. The number of amides is 1. The second-order valence-corrected chi connectivity index (χ2v) is 8.31. The molecule has 3 aromatic rings. The lowest BCUT2D eigenvalue weighted by atomic mass is 10.1. The number of rotatable bonds is 8. The van der Waals surface area contributed by atoms with E-state index in [9.17, 15) is 9.59 Å². The van der Waals surface area contributed by atoms with E-state index >= 15 is 4.39 Å². The van der Waals surface area contributed by atoms with Crippen LogP contribution in [0, 0.1) is 19.7 Å². The molecule has 0 aliphatic rings. The highest BCUT2D eigenvalue weighted by Crippen LogP contribution is 2.28. The predicted molar refractivity (Wildman–Crippen MR) is 127 cm³/mol. The van der Waals surface area contributed by atoms with E-state index in [1.54, 1.807) is 7.05 Å². The Kier molecular flexibility index (Phi) is 7.36. The van der Waals surface area contributed by atoms with Gasteiger partial charge in [0.2, 0.25) is 0 Å². The zero-order valence-corrected chi connectivity index (χ0v) is 20.0. The fourth-order valence-electron chi connectivity index (χ4n) is 3.75. The van der Waals surface area contributed by atoms with Crippen molar-refractivity contribution in [2.24, 2.45) is 7.05 Å². The van der Waals surface area contributed by atoms with Crippen molar-refractivity contribution in [3.05, 3.63) is 69.1 Å². The van der Waals surface area contributed by atoms with E-state index in [-0.39, 0.29) is 23.1 Å². The second kappa shape index (κ2) is 10.0. The average molecular weight is 455 g/mol. The summed E-state index contributed by atoms with van der Waals surface area (Å²) in [5, 5.41) is 7.09. The van der Waals surface area contributed by atoms with E-state index in [0.29, 0.717) is 17.9 Å². The molecule has 1 aromatic heterocycles. The summed E-state index contributed by atoms with van der Waals surface area (Å²) >= 11 is 0. The lowest BCUT2D eigenvalue weighted by Crippen LogP contribution is -2.24. The number of hydrogen-bond acceptors (Lipinski definition) is 4. The summed E-state index contributed by atoms with van der Waals surface area (Å²) in [5.41, 5.74) is 2.14. The highest BCUT2D eigenvalue weighted by atomic mass is 19.1. The number of aromatic nitrogens is 3. The minimum absolute atomic E-state index is 0.0545. The van der Waals surface area contributed by atoms with Gasteiger partial charge in [-0.3, -0.25) is 9.36 Å². The third kappa shape index (κ3) is 5.16. The zero-order chi connectivity index (χ0) is 24.3. The first-order chi connectivity index (χ1) is 15.7. The van der Waals surface area contributed by atoms with Crippen LogP contribution in [-0.2, 0) is 13.5 Å². The Morgan fingerprint density at radius 2 is 1.94 bits per heavy atom. The molecule has 0 saturated heterocycles. The van der Waals surface area contributed by atoms with Gasteiger partial charge < -0.3 is 10.1 Å². The first-order valence-corrected chi connectivity index (χ1v) is 11.2. The number of ether oxygens (including phenoxy) is 1. The number of hydrogen-bond donors (Lipinski definition) is 1. The maximum atomic E-state index is 15.2. The summed E-state index contributed by atoms with van der Waals surface area (Å²) < 4.78 is 23.6. The number of halogens is 1. The van der Waals surface area contributed by atoms with Crippen molar-refractivity contribution in [1.82, 2.24) is 14.3 Å². The third-order valence-corrected chi connectivity index (χ3v) is 5.56. The van der Waals surface area contributed by atoms with Gasteiger partial charge in [0.25, 0.3) is 5.91 Å². The van der Waals surface area contributed by atoms with Gasteiger partial charge in [-0.2, -0.15) is 4.68 Å². The van der Waals surface area contributed by atoms with Gasteiger partial charge in [0.05, 0.1) is 11.7 Å². The molecule has 0 bridgehead atoms. The first-order valence-electron chi connectivity index (χ1n) is 11.2. The normalized spacial score (nSPS) is 12.0. The molecule has 1 heterocycles. The van der Waals surface area contributed by atoms with Gasteiger partial charge in [0.1, 0.15) is 23.1 Å². The van der Waals surface area contributed by atoms with Gasteiger partial charge in [0, 0.05) is 25.2 Å². The van der Waals surface area contributed by atoms with Crippen LogP contribution in [0.25, 0.3) is 5.69 Å². The lowest BCUT2D eigenvalue weighted by molar-refractivity contribution is 0.101. The topological polar surface area (TPSA) is 78.2 Å². The summed E-state index contributed by atoms with van der Waals surface area (Å²) in [5.74, 6) is -0.504. The lowest BCUT2D eigenvalue weighted by Gasteiger charge is -2.18. The summed E-state index contributed by atoms with van der Waals surface area (Å²) in [7, 11) is 1.59. The van der Waals surface area contributed by atoms with Crippen molar-refractivity contribution >= 4 is 11.6 Å². The van der Waals surface area contributed by atoms with Crippen LogP contribution in [-0.4, -0.2) is 26.4 Å². The molecule has 0 saturated carbocycles. The number of aryl methyl sites for hydroxylation is 3. The number of carbonyl (C=O) groups is 1. The molecule has 0 radical (unpaired) electrons. The fourth-order valence-corrected chi connectivity index (χ4v) is 3.75. The van der Waals surface area contributed by atoms with E-state index in [1.807, 2.05) is 52.8 Å². The quantitative estimate of drug-likeness (QED) is 0.535. The SMILES string of the molecule is CCCC(C)Oc1cc(-n2nc(CC)n(C)c2=O)c(F)cc1C(=O)Nc1ccc(C)cc1C. The minimum Gasteiger partial charge on any atom is -0.490 e. The van der Waals surface area contributed by atoms with Crippen molar-refractivity contribution in [2.45, 2.75) is 60.0 Å². The Bertz CT molecular complexity index is 1230. The molecule has 0 fully saturated rings. The maximum Gasteiger partial charge on any atom is 0.350 e. The number of nitrogens with zero attached hydrogens (tertiary/aromatic N) is 3. The van der Waals surface area contributed by atoms with Crippen LogP contribution >= 0.6 is 0 Å². The van der Waals surface area contributed by atoms with Gasteiger partial charge in [-0.1, -0.05) is 38.0 Å². The van der Waals surface area contributed by atoms with E-state index < -0.39 is 17.4 Å². The van der Waals surface area contributed by atoms with Crippen LogP contribution in [0.5, 0.6) is 5.75 Å². The van der Waals surface area contributed by atoms with Crippen molar-refractivity contribution in [1.29, 1.82) is 0 Å². The largest absolute Gasteiger partial charge is 0.490 e. The Morgan fingerprint density at radius 3 is 2.55 bits per heavy atom. The molecule has 1 amide bonds. The Morgan fingerprint density at radius 1 is 1.21 bits per heavy atom. The molecule has 8 heteroatoms. The number of anilines is 1. The smallest absolute Gasteiger partial charge is 0.350 e. The van der Waals surface area contributed by atoms with Gasteiger partial charge in [0.15, 0.2) is 0 Å². The van der Waals surface area contributed by atoms with Crippen molar-refractivity contribution < 1.29 is 13.9 Å². The highest BCUT2D eigenvalue weighted by molar-refractivity contribution is 6.06. The van der Waals surface area contributed by atoms with Crippen LogP contribution in [0.4, 0.5) is 10.1 Å². The summed E-state index contributed by atoms with van der Waals surface area (Å²) in [6.07, 6.45) is 1.97. The fraction of sp³-hybridized carbons (Fsp3) is 0.400. The second-order valence-electron chi connectivity index (χ2n) is 8.31. The third-order valence-electron chi connectivity index (χ3n) is 5.56. The van der Waals surface area contributed by atoms with Crippen molar-refractivity contribution in [3.8, 4) is 11.4 Å². The summed E-state index contributed by atoms with van der Waals surface area (Å²) in [4.78, 5) is 25.8. The first kappa shape index (κ1) is 24.2. The van der Waals surface area contributed by atoms with Crippen molar-refractivity contribution in [3.63, 3.8) is 0 Å². The molecule has 1 unspecified atom stereocenters. The van der Waals surface area contributed by atoms with Crippen LogP contribution in [0.1, 0.15) is 60.9 Å². The average Bonchev–Trinajstić information content (AvgIpc) is 3.05. The molecule has 0 aliphatic carbocycles. The number of nitrogens with one attached hydrogen (secondary N) is 1. The predicted octanol–water partition coefficient (Wildman–Crippen LogP) is 4.71. The van der Waals surface area contributed by atoms with E-state index in [0.717, 1.165) is 34.7 Å².